The van der Waals surface area contributed by atoms with Gasteiger partial charge in [0.15, 0.2) is 0 Å². The molecule has 2 rings (SSSR count). The zero-order valence-corrected chi connectivity index (χ0v) is 15.0. The van der Waals surface area contributed by atoms with Gasteiger partial charge in [0.2, 0.25) is 10.0 Å². The lowest BCUT2D eigenvalue weighted by Gasteiger charge is -2.20. The number of ether oxygens (including phenoxy) is 1. The van der Waals surface area contributed by atoms with Gasteiger partial charge in [-0.15, -0.1) is 0 Å². The van der Waals surface area contributed by atoms with Crippen LogP contribution in [-0.4, -0.2) is 31.6 Å². The highest BCUT2D eigenvalue weighted by Gasteiger charge is 2.30. The number of carbonyl (C=O) groups is 1. The van der Waals surface area contributed by atoms with Crippen molar-refractivity contribution in [1.82, 2.24) is 4.72 Å². The molecule has 0 saturated carbocycles. The van der Waals surface area contributed by atoms with Crippen LogP contribution in [0.5, 0.6) is 0 Å². The largest absolute Gasteiger partial charge is 0.460 e. The monoisotopic (exact) mass is 383 g/mol. The van der Waals surface area contributed by atoms with Crippen molar-refractivity contribution in [2.75, 3.05) is 0 Å². The molecule has 0 aromatic heterocycles. The van der Waals surface area contributed by atoms with Crippen molar-refractivity contribution in [3.8, 4) is 0 Å². The number of hydrogen-bond acceptors (Lipinski definition) is 5. The maximum absolute atomic E-state index is 12.4. The number of sulfonamides is 1. The normalized spacial score (nSPS) is 13.9. The van der Waals surface area contributed by atoms with E-state index in [4.69, 9.17) is 16.3 Å². The van der Waals surface area contributed by atoms with E-state index in [0.717, 1.165) is 5.56 Å². The van der Waals surface area contributed by atoms with Gasteiger partial charge < -0.3 is 9.84 Å². The zero-order valence-electron chi connectivity index (χ0n) is 13.4. The van der Waals surface area contributed by atoms with E-state index in [0.29, 0.717) is 5.02 Å². The summed E-state index contributed by atoms with van der Waals surface area (Å²) < 4.78 is 32.0. The number of rotatable bonds is 7. The standard InChI is InChI=1S/C17H18ClNO5S/c1-12(20)16(17(21)24-11-13-5-3-2-4-6-13)19-25(22,23)15-9-7-14(18)8-10-15/h2-10,12,16,19-20H,11H2,1H3/t12-,16-/m1/s1. The Bertz CT molecular complexity index is 807. The minimum atomic E-state index is -4.02. The first-order valence-electron chi connectivity index (χ1n) is 7.46. The Balaban J connectivity index is 2.09. The molecule has 0 fully saturated rings. The number of carbonyl (C=O) groups excluding carboxylic acids is 1. The summed E-state index contributed by atoms with van der Waals surface area (Å²) in [5.41, 5.74) is 0.751. The molecule has 0 radical (unpaired) electrons. The Hall–Kier alpha value is -1.93. The van der Waals surface area contributed by atoms with Gasteiger partial charge >= 0.3 is 5.97 Å². The second-order valence-electron chi connectivity index (χ2n) is 5.39. The van der Waals surface area contributed by atoms with Crippen LogP contribution in [0.1, 0.15) is 12.5 Å². The topological polar surface area (TPSA) is 92.7 Å². The number of benzene rings is 2. The molecule has 6 nitrogen and oxygen atoms in total. The third kappa shape index (κ3) is 5.54. The molecule has 0 aliphatic carbocycles. The van der Waals surface area contributed by atoms with Gasteiger partial charge in [-0.25, -0.2) is 8.42 Å². The van der Waals surface area contributed by atoms with Gasteiger partial charge in [0.25, 0.3) is 0 Å². The third-order valence-electron chi connectivity index (χ3n) is 3.37. The van der Waals surface area contributed by atoms with E-state index in [1.165, 1.54) is 31.2 Å². The van der Waals surface area contributed by atoms with Crippen LogP contribution in [-0.2, 0) is 26.2 Å². The molecule has 2 atom stereocenters. The van der Waals surface area contributed by atoms with Gasteiger partial charge in [0.05, 0.1) is 11.0 Å². The van der Waals surface area contributed by atoms with E-state index in [1.54, 1.807) is 24.3 Å². The maximum Gasteiger partial charge on any atom is 0.327 e. The number of halogens is 1. The predicted octanol–water partition coefficient (Wildman–Crippen LogP) is 2.11. The first-order valence-corrected chi connectivity index (χ1v) is 9.32. The van der Waals surface area contributed by atoms with Gasteiger partial charge in [-0.2, -0.15) is 4.72 Å². The van der Waals surface area contributed by atoms with Gasteiger partial charge in [-0.1, -0.05) is 41.9 Å². The SMILES string of the molecule is C[C@@H](O)[C@@H](NS(=O)(=O)c1ccc(Cl)cc1)C(=O)OCc1ccccc1. The maximum atomic E-state index is 12.4. The summed E-state index contributed by atoms with van der Waals surface area (Å²) in [5, 5.41) is 10.2. The molecule has 0 saturated heterocycles. The minimum absolute atomic E-state index is 0.0223. The lowest BCUT2D eigenvalue weighted by atomic mass is 10.2. The molecule has 0 spiro atoms. The first-order chi connectivity index (χ1) is 11.8. The van der Waals surface area contributed by atoms with Crippen LogP contribution in [0.2, 0.25) is 5.02 Å². The third-order valence-corrected chi connectivity index (χ3v) is 5.08. The van der Waals surface area contributed by atoms with Gasteiger partial charge in [0.1, 0.15) is 12.6 Å². The summed E-state index contributed by atoms with van der Waals surface area (Å²) in [6.07, 6.45) is -1.27. The van der Waals surface area contributed by atoms with Crippen LogP contribution in [0.3, 0.4) is 0 Å². The van der Waals surface area contributed by atoms with E-state index in [9.17, 15) is 18.3 Å². The van der Waals surface area contributed by atoms with Crippen molar-refractivity contribution in [3.05, 3.63) is 65.2 Å². The Morgan fingerprint density at radius 2 is 1.76 bits per heavy atom. The summed E-state index contributed by atoms with van der Waals surface area (Å²) in [4.78, 5) is 12.1. The molecule has 0 amide bonds. The average molecular weight is 384 g/mol. The molecule has 8 heteroatoms. The summed E-state index contributed by atoms with van der Waals surface area (Å²) in [6.45, 7) is 1.28. The Morgan fingerprint density at radius 1 is 1.16 bits per heavy atom. The highest BCUT2D eigenvalue weighted by Crippen LogP contribution is 2.15. The molecule has 134 valence electrons. The van der Waals surface area contributed by atoms with Crippen LogP contribution in [0.4, 0.5) is 0 Å². The Morgan fingerprint density at radius 3 is 2.32 bits per heavy atom. The number of nitrogens with one attached hydrogen (secondary N) is 1. The van der Waals surface area contributed by atoms with Crippen LogP contribution < -0.4 is 4.72 Å². The molecule has 0 aliphatic rings. The lowest BCUT2D eigenvalue weighted by Crippen LogP contribution is -2.48. The van der Waals surface area contributed by atoms with Crippen LogP contribution in [0, 0.1) is 0 Å². The molecule has 0 heterocycles. The number of aliphatic hydroxyl groups excluding tert-OH is 1. The highest BCUT2D eigenvalue weighted by atomic mass is 35.5. The molecular weight excluding hydrogens is 366 g/mol. The second-order valence-corrected chi connectivity index (χ2v) is 7.54. The quantitative estimate of drug-likeness (QED) is 0.714. The fourth-order valence-electron chi connectivity index (χ4n) is 2.01. The molecule has 0 bridgehead atoms. The van der Waals surface area contributed by atoms with Crippen molar-refractivity contribution in [2.24, 2.45) is 0 Å². The molecule has 25 heavy (non-hydrogen) atoms. The van der Waals surface area contributed by atoms with Crippen molar-refractivity contribution in [3.63, 3.8) is 0 Å². The molecule has 2 N–H and O–H groups in total. The molecule has 2 aromatic rings. The van der Waals surface area contributed by atoms with E-state index < -0.39 is 28.1 Å². The number of hydrogen-bond donors (Lipinski definition) is 2. The lowest BCUT2D eigenvalue weighted by molar-refractivity contribution is -0.149. The Labute approximate surface area is 151 Å². The van der Waals surface area contributed by atoms with Gasteiger partial charge in [-0.3, -0.25) is 4.79 Å². The summed E-state index contributed by atoms with van der Waals surface area (Å²) in [7, 11) is -4.02. The van der Waals surface area contributed by atoms with Crippen molar-refractivity contribution in [2.45, 2.75) is 30.6 Å². The average Bonchev–Trinajstić information content (AvgIpc) is 2.58. The van der Waals surface area contributed by atoms with Gasteiger partial charge in [0, 0.05) is 5.02 Å². The highest BCUT2D eigenvalue weighted by molar-refractivity contribution is 7.89. The molecule has 0 aliphatic heterocycles. The predicted molar refractivity (Wildman–Crippen MR) is 93.5 cm³/mol. The van der Waals surface area contributed by atoms with E-state index in [1.807, 2.05) is 6.07 Å². The smallest absolute Gasteiger partial charge is 0.327 e. The Kier molecular flexibility index (Phi) is 6.55. The summed E-state index contributed by atoms with van der Waals surface area (Å²) >= 11 is 5.74. The van der Waals surface area contributed by atoms with Crippen LogP contribution in [0.15, 0.2) is 59.5 Å². The van der Waals surface area contributed by atoms with Gasteiger partial charge in [-0.05, 0) is 36.8 Å². The van der Waals surface area contributed by atoms with Crippen molar-refractivity contribution >= 4 is 27.6 Å². The molecule has 2 aromatic carbocycles. The fourth-order valence-corrected chi connectivity index (χ4v) is 3.39. The number of esters is 1. The number of aliphatic hydroxyl groups is 1. The van der Waals surface area contributed by atoms with Crippen molar-refractivity contribution < 1.29 is 23.1 Å². The second kappa shape index (κ2) is 8.44. The van der Waals surface area contributed by atoms with E-state index >= 15 is 0 Å². The fraction of sp³-hybridized carbons (Fsp3) is 0.235. The molecular formula is C17H18ClNO5S. The van der Waals surface area contributed by atoms with E-state index in [-0.39, 0.29) is 11.5 Å². The zero-order chi connectivity index (χ0) is 18.4. The van der Waals surface area contributed by atoms with Crippen LogP contribution in [0.25, 0.3) is 0 Å². The molecule has 0 unspecified atom stereocenters. The first kappa shape index (κ1) is 19.4. The summed E-state index contributed by atoms with van der Waals surface area (Å²) in [6, 6.07) is 13.0. The van der Waals surface area contributed by atoms with E-state index in [2.05, 4.69) is 4.72 Å². The van der Waals surface area contributed by atoms with Crippen LogP contribution >= 0.6 is 11.6 Å². The van der Waals surface area contributed by atoms with Crippen molar-refractivity contribution in [1.29, 1.82) is 0 Å². The summed E-state index contributed by atoms with van der Waals surface area (Å²) in [5.74, 6) is -0.864. The minimum Gasteiger partial charge on any atom is -0.460 e.